The van der Waals surface area contributed by atoms with E-state index in [-0.39, 0.29) is 0 Å². The Morgan fingerprint density at radius 1 is 1.29 bits per heavy atom. The van der Waals surface area contributed by atoms with Gasteiger partial charge in [0.2, 0.25) is 0 Å². The highest BCUT2D eigenvalue weighted by atomic mass is 15.3. The summed E-state index contributed by atoms with van der Waals surface area (Å²) in [6.45, 7) is 2.56. The first-order chi connectivity index (χ1) is 8.19. The van der Waals surface area contributed by atoms with Crippen LogP contribution < -0.4 is 10.6 Å². The van der Waals surface area contributed by atoms with E-state index in [0.29, 0.717) is 6.54 Å². The van der Waals surface area contributed by atoms with Crippen molar-refractivity contribution in [2.45, 2.75) is 13.5 Å². The number of anilines is 2. The maximum Gasteiger partial charge on any atom is 0.132 e. The molecule has 0 bridgehead atoms. The van der Waals surface area contributed by atoms with Crippen molar-refractivity contribution in [3.63, 3.8) is 0 Å². The van der Waals surface area contributed by atoms with E-state index in [1.54, 1.807) is 6.20 Å². The van der Waals surface area contributed by atoms with Gasteiger partial charge in [0.15, 0.2) is 0 Å². The summed E-state index contributed by atoms with van der Waals surface area (Å²) in [5.41, 5.74) is 1.10. The van der Waals surface area contributed by atoms with Gasteiger partial charge >= 0.3 is 0 Å². The first-order valence-corrected chi connectivity index (χ1v) is 5.43. The Hall–Kier alpha value is -2.11. The molecular weight excluding hydrogens is 216 g/mol. The van der Waals surface area contributed by atoms with Gasteiger partial charge in [-0.1, -0.05) is 0 Å². The molecule has 0 saturated heterocycles. The summed E-state index contributed by atoms with van der Waals surface area (Å²) in [4.78, 5) is 8.55. The SMILES string of the molecule is CNc1cc(NCc2ccnn2C)nc(C)n1. The van der Waals surface area contributed by atoms with Crippen molar-refractivity contribution in [2.24, 2.45) is 7.05 Å². The number of hydrogen-bond acceptors (Lipinski definition) is 5. The van der Waals surface area contributed by atoms with Crippen LogP contribution in [0.4, 0.5) is 11.6 Å². The first-order valence-electron chi connectivity index (χ1n) is 5.43. The van der Waals surface area contributed by atoms with Crippen LogP contribution in [0.25, 0.3) is 0 Å². The molecule has 6 nitrogen and oxygen atoms in total. The lowest BCUT2D eigenvalue weighted by molar-refractivity contribution is 0.719. The lowest BCUT2D eigenvalue weighted by atomic mass is 10.4. The van der Waals surface area contributed by atoms with Crippen LogP contribution in [0.3, 0.4) is 0 Å². The Labute approximate surface area is 100 Å². The molecule has 2 aromatic rings. The smallest absolute Gasteiger partial charge is 0.132 e. The summed E-state index contributed by atoms with van der Waals surface area (Å²) in [7, 11) is 3.76. The van der Waals surface area contributed by atoms with Gasteiger partial charge in [-0.3, -0.25) is 4.68 Å². The average Bonchev–Trinajstić information content (AvgIpc) is 2.71. The molecule has 17 heavy (non-hydrogen) atoms. The zero-order chi connectivity index (χ0) is 12.3. The molecule has 0 fully saturated rings. The molecule has 0 atom stereocenters. The molecule has 0 amide bonds. The van der Waals surface area contributed by atoms with Crippen LogP contribution in [0.2, 0.25) is 0 Å². The van der Waals surface area contributed by atoms with Crippen LogP contribution in [0.5, 0.6) is 0 Å². The van der Waals surface area contributed by atoms with E-state index < -0.39 is 0 Å². The van der Waals surface area contributed by atoms with Crippen molar-refractivity contribution >= 4 is 11.6 Å². The second-order valence-corrected chi connectivity index (χ2v) is 3.74. The van der Waals surface area contributed by atoms with Crippen LogP contribution in [0, 0.1) is 6.92 Å². The highest BCUT2D eigenvalue weighted by Gasteiger charge is 2.02. The zero-order valence-electron chi connectivity index (χ0n) is 10.2. The van der Waals surface area contributed by atoms with E-state index in [4.69, 9.17) is 0 Å². The Morgan fingerprint density at radius 2 is 2.06 bits per heavy atom. The molecule has 0 spiro atoms. The van der Waals surface area contributed by atoms with E-state index in [2.05, 4.69) is 25.7 Å². The van der Waals surface area contributed by atoms with Gasteiger partial charge in [-0.05, 0) is 13.0 Å². The number of aryl methyl sites for hydroxylation is 2. The second-order valence-electron chi connectivity index (χ2n) is 3.74. The quantitative estimate of drug-likeness (QED) is 0.828. The minimum absolute atomic E-state index is 0.691. The maximum atomic E-state index is 4.32. The predicted molar refractivity (Wildman–Crippen MR) is 66.9 cm³/mol. The summed E-state index contributed by atoms with van der Waals surface area (Å²) in [6.07, 6.45) is 1.78. The normalized spacial score (nSPS) is 10.3. The summed E-state index contributed by atoms with van der Waals surface area (Å²) in [5, 5.41) is 10.4. The van der Waals surface area contributed by atoms with E-state index in [0.717, 1.165) is 23.2 Å². The summed E-state index contributed by atoms with van der Waals surface area (Å²) in [6, 6.07) is 3.85. The van der Waals surface area contributed by atoms with Gasteiger partial charge in [0.1, 0.15) is 17.5 Å². The van der Waals surface area contributed by atoms with Crippen molar-refractivity contribution in [3.05, 3.63) is 29.8 Å². The molecule has 0 aliphatic rings. The van der Waals surface area contributed by atoms with Gasteiger partial charge in [0.25, 0.3) is 0 Å². The Bertz CT molecular complexity index is 504. The first kappa shape index (κ1) is 11.4. The summed E-state index contributed by atoms with van der Waals surface area (Å²) < 4.78 is 1.83. The molecule has 2 rings (SSSR count). The van der Waals surface area contributed by atoms with Gasteiger partial charge in [-0.2, -0.15) is 5.10 Å². The highest BCUT2D eigenvalue weighted by molar-refractivity contribution is 5.47. The summed E-state index contributed by atoms with van der Waals surface area (Å²) >= 11 is 0. The lowest BCUT2D eigenvalue weighted by Gasteiger charge is -2.08. The monoisotopic (exact) mass is 232 g/mol. The van der Waals surface area contributed by atoms with E-state index >= 15 is 0 Å². The van der Waals surface area contributed by atoms with Crippen molar-refractivity contribution in [2.75, 3.05) is 17.7 Å². The zero-order valence-corrected chi connectivity index (χ0v) is 10.2. The van der Waals surface area contributed by atoms with Crippen molar-refractivity contribution in [3.8, 4) is 0 Å². The molecule has 6 heteroatoms. The van der Waals surface area contributed by atoms with Gasteiger partial charge < -0.3 is 10.6 Å². The summed E-state index contributed by atoms with van der Waals surface area (Å²) in [5.74, 6) is 2.36. The number of rotatable bonds is 4. The molecule has 0 aliphatic carbocycles. The third-order valence-corrected chi connectivity index (χ3v) is 2.47. The van der Waals surface area contributed by atoms with E-state index in [1.807, 2.05) is 37.8 Å². The topological polar surface area (TPSA) is 67.7 Å². The van der Waals surface area contributed by atoms with Crippen LogP contribution in [0.1, 0.15) is 11.5 Å². The fraction of sp³-hybridized carbons (Fsp3) is 0.364. The lowest BCUT2D eigenvalue weighted by Crippen LogP contribution is -2.08. The van der Waals surface area contributed by atoms with Crippen molar-refractivity contribution in [1.29, 1.82) is 0 Å². The molecular formula is C11H16N6. The molecule has 2 heterocycles. The standard InChI is InChI=1S/C11H16N6/c1-8-15-10(12-2)6-11(16-8)13-7-9-4-5-14-17(9)3/h4-6H,7H2,1-3H3,(H2,12,13,15,16). The fourth-order valence-electron chi connectivity index (χ4n) is 1.54. The van der Waals surface area contributed by atoms with Gasteiger partial charge in [0, 0.05) is 26.4 Å². The Kier molecular flexibility index (Phi) is 3.22. The average molecular weight is 232 g/mol. The van der Waals surface area contributed by atoms with Gasteiger partial charge in [0.05, 0.1) is 12.2 Å². The highest BCUT2D eigenvalue weighted by Crippen LogP contribution is 2.11. The maximum absolute atomic E-state index is 4.32. The molecule has 0 aliphatic heterocycles. The van der Waals surface area contributed by atoms with Crippen molar-refractivity contribution in [1.82, 2.24) is 19.7 Å². The molecule has 0 saturated carbocycles. The van der Waals surface area contributed by atoms with Gasteiger partial charge in [-0.25, -0.2) is 9.97 Å². The number of hydrogen-bond donors (Lipinski definition) is 2. The minimum atomic E-state index is 0.691. The third kappa shape index (κ3) is 2.72. The number of aromatic nitrogens is 4. The van der Waals surface area contributed by atoms with Crippen LogP contribution in [0.15, 0.2) is 18.3 Å². The molecule has 90 valence electrons. The molecule has 2 aromatic heterocycles. The number of nitrogens with zero attached hydrogens (tertiary/aromatic N) is 4. The van der Waals surface area contributed by atoms with Crippen LogP contribution in [-0.4, -0.2) is 26.8 Å². The third-order valence-electron chi connectivity index (χ3n) is 2.47. The molecule has 0 unspecified atom stereocenters. The Morgan fingerprint density at radius 3 is 2.71 bits per heavy atom. The Balaban J connectivity index is 2.09. The fourth-order valence-corrected chi connectivity index (χ4v) is 1.54. The van der Waals surface area contributed by atoms with Crippen LogP contribution >= 0.6 is 0 Å². The van der Waals surface area contributed by atoms with Crippen molar-refractivity contribution < 1.29 is 0 Å². The van der Waals surface area contributed by atoms with Gasteiger partial charge in [-0.15, -0.1) is 0 Å². The number of nitrogens with one attached hydrogen (secondary N) is 2. The molecule has 0 radical (unpaired) electrons. The van der Waals surface area contributed by atoms with Crippen LogP contribution in [-0.2, 0) is 13.6 Å². The molecule has 2 N–H and O–H groups in total. The largest absolute Gasteiger partial charge is 0.373 e. The molecule has 0 aromatic carbocycles. The second kappa shape index (κ2) is 4.82. The van der Waals surface area contributed by atoms with E-state index in [1.165, 1.54) is 0 Å². The predicted octanol–water partition coefficient (Wildman–Crippen LogP) is 1.17. The van der Waals surface area contributed by atoms with E-state index in [9.17, 15) is 0 Å². The minimum Gasteiger partial charge on any atom is -0.373 e.